The number of nitrogens with one attached hydrogen (secondary N) is 1. The van der Waals surface area contributed by atoms with Crippen molar-refractivity contribution in [3.05, 3.63) is 89.5 Å². The summed E-state index contributed by atoms with van der Waals surface area (Å²) >= 11 is 0. The average Bonchev–Trinajstić information content (AvgIpc) is 2.96. The summed E-state index contributed by atoms with van der Waals surface area (Å²) in [5, 5.41) is 2.90. The van der Waals surface area contributed by atoms with E-state index in [1.54, 1.807) is 43.3 Å². The molecule has 3 aromatic rings. The van der Waals surface area contributed by atoms with Crippen LogP contribution in [0.1, 0.15) is 50.3 Å². The van der Waals surface area contributed by atoms with Crippen molar-refractivity contribution in [2.45, 2.75) is 64.9 Å². The molecule has 0 unspecified atom stereocenters. The Morgan fingerprint density at radius 1 is 0.878 bits per heavy atom. The minimum Gasteiger partial charge on any atom is -0.494 e. The van der Waals surface area contributed by atoms with Crippen molar-refractivity contribution in [3.8, 4) is 5.75 Å². The molecule has 0 aliphatic heterocycles. The van der Waals surface area contributed by atoms with E-state index in [1.165, 1.54) is 17.0 Å². The van der Waals surface area contributed by atoms with E-state index in [1.807, 2.05) is 52.0 Å². The zero-order valence-electron chi connectivity index (χ0n) is 24.6. The Kier molecular flexibility index (Phi) is 11.3. The molecule has 0 aliphatic rings. The second kappa shape index (κ2) is 14.7. The zero-order chi connectivity index (χ0) is 30.0. The van der Waals surface area contributed by atoms with Gasteiger partial charge < -0.3 is 15.0 Å². The smallest absolute Gasteiger partial charge is 0.264 e. The summed E-state index contributed by atoms with van der Waals surface area (Å²) in [5.74, 6) is -0.217. The predicted molar refractivity (Wildman–Crippen MR) is 162 cm³/mol. The highest BCUT2D eigenvalue weighted by molar-refractivity contribution is 7.92. The highest BCUT2D eigenvalue weighted by Crippen LogP contribution is 2.26. The number of carbonyl (C=O) groups excluding carboxylic acids is 2. The number of sulfonamides is 1. The average molecular weight is 580 g/mol. The monoisotopic (exact) mass is 579 g/mol. The van der Waals surface area contributed by atoms with Gasteiger partial charge in [-0.05, 0) is 76.1 Å². The summed E-state index contributed by atoms with van der Waals surface area (Å²) in [4.78, 5) is 28.5. The first-order valence-corrected chi connectivity index (χ1v) is 15.5. The van der Waals surface area contributed by atoms with E-state index in [9.17, 15) is 18.0 Å². The third-order valence-electron chi connectivity index (χ3n) is 6.79. The largest absolute Gasteiger partial charge is 0.494 e. The number of ether oxygens (including phenoxy) is 1. The van der Waals surface area contributed by atoms with Gasteiger partial charge in [0.1, 0.15) is 18.3 Å². The Morgan fingerprint density at radius 2 is 1.46 bits per heavy atom. The molecule has 0 spiro atoms. The molecular weight excluding hydrogens is 538 g/mol. The van der Waals surface area contributed by atoms with Crippen molar-refractivity contribution in [2.24, 2.45) is 0 Å². The first-order chi connectivity index (χ1) is 19.6. The molecule has 0 saturated carbocycles. The normalized spacial score (nSPS) is 11.9. The zero-order valence-corrected chi connectivity index (χ0v) is 25.4. The summed E-state index contributed by atoms with van der Waals surface area (Å²) in [5.41, 5.74) is 3.22. The van der Waals surface area contributed by atoms with Crippen LogP contribution in [0.5, 0.6) is 5.75 Å². The quantitative estimate of drug-likeness (QED) is 0.264. The molecule has 0 aromatic heterocycles. The first kappa shape index (κ1) is 31.7. The van der Waals surface area contributed by atoms with E-state index >= 15 is 0 Å². The number of unbranched alkanes of at least 4 members (excludes halogenated alkanes) is 1. The molecule has 2 amide bonds. The van der Waals surface area contributed by atoms with Gasteiger partial charge in [0.05, 0.1) is 17.2 Å². The molecule has 3 aromatic carbocycles. The number of hydrogen-bond donors (Lipinski definition) is 1. The van der Waals surface area contributed by atoms with E-state index in [4.69, 9.17) is 4.74 Å². The van der Waals surface area contributed by atoms with E-state index in [2.05, 4.69) is 5.32 Å². The molecule has 0 bridgehead atoms. The van der Waals surface area contributed by atoms with E-state index in [0.29, 0.717) is 24.6 Å². The summed E-state index contributed by atoms with van der Waals surface area (Å²) in [7, 11) is -4.14. The van der Waals surface area contributed by atoms with Crippen LogP contribution in [0.3, 0.4) is 0 Å². The summed E-state index contributed by atoms with van der Waals surface area (Å²) in [6.07, 6.45) is 1.75. The van der Waals surface area contributed by atoms with Gasteiger partial charge in [-0.1, -0.05) is 60.9 Å². The molecule has 9 heteroatoms. The first-order valence-electron chi connectivity index (χ1n) is 14.0. The lowest BCUT2D eigenvalue weighted by atomic mass is 10.1. The highest BCUT2D eigenvalue weighted by atomic mass is 32.2. The van der Waals surface area contributed by atoms with E-state index in [0.717, 1.165) is 33.8 Å². The number of benzene rings is 3. The summed E-state index contributed by atoms with van der Waals surface area (Å²) in [6, 6.07) is 20.0. The summed E-state index contributed by atoms with van der Waals surface area (Å²) in [6.45, 7) is 10.1. The van der Waals surface area contributed by atoms with E-state index in [-0.39, 0.29) is 17.3 Å². The molecule has 0 saturated heterocycles. The van der Waals surface area contributed by atoms with Gasteiger partial charge in [-0.3, -0.25) is 13.9 Å². The fourth-order valence-electron chi connectivity index (χ4n) is 4.25. The SMILES string of the molecule is CCCCNC(=O)[C@H](C)N(Cc1ccc(C)cc1)C(=O)CN(c1ccc(C)cc1)S(=O)(=O)c1ccc(OCC)cc1. The Balaban J connectivity index is 1.98. The number of nitrogens with zero attached hydrogens (tertiary/aromatic N) is 2. The maximum Gasteiger partial charge on any atom is 0.264 e. The highest BCUT2D eigenvalue weighted by Gasteiger charge is 2.32. The number of carbonyl (C=O) groups is 2. The number of aryl methyl sites for hydroxylation is 2. The van der Waals surface area contributed by atoms with Gasteiger partial charge in [0.25, 0.3) is 10.0 Å². The lowest BCUT2D eigenvalue weighted by Gasteiger charge is -2.32. The molecule has 41 heavy (non-hydrogen) atoms. The second-order valence-corrected chi connectivity index (χ2v) is 11.9. The minimum atomic E-state index is -4.14. The van der Waals surface area contributed by atoms with Crippen LogP contribution in [-0.4, -0.2) is 50.9 Å². The van der Waals surface area contributed by atoms with Crippen molar-refractivity contribution >= 4 is 27.5 Å². The Bertz CT molecular complexity index is 1390. The molecule has 0 radical (unpaired) electrons. The maximum absolute atomic E-state index is 14.0. The van der Waals surface area contributed by atoms with Crippen LogP contribution in [0, 0.1) is 13.8 Å². The lowest BCUT2D eigenvalue weighted by molar-refractivity contribution is -0.139. The van der Waals surface area contributed by atoms with Crippen LogP contribution in [0.4, 0.5) is 5.69 Å². The molecule has 1 atom stereocenters. The van der Waals surface area contributed by atoms with Crippen molar-refractivity contribution in [1.82, 2.24) is 10.2 Å². The number of amides is 2. The predicted octanol–water partition coefficient (Wildman–Crippen LogP) is 5.23. The lowest BCUT2D eigenvalue weighted by Crippen LogP contribution is -2.51. The van der Waals surface area contributed by atoms with Crippen molar-refractivity contribution in [1.29, 1.82) is 0 Å². The van der Waals surface area contributed by atoms with Crippen LogP contribution < -0.4 is 14.4 Å². The number of rotatable bonds is 14. The standard InChI is InChI=1S/C32H41N3O5S/c1-6-8-21-33-32(37)26(5)34(22-27-13-9-24(3)10-14-27)31(36)23-35(28-15-11-25(4)12-16-28)41(38,39)30-19-17-29(18-20-30)40-7-2/h9-20,26H,6-8,21-23H2,1-5H3,(H,33,37)/t26-/m0/s1. The molecule has 220 valence electrons. The fourth-order valence-corrected chi connectivity index (χ4v) is 5.66. The van der Waals surface area contributed by atoms with Gasteiger partial charge in [-0.2, -0.15) is 0 Å². The Labute approximate surface area is 244 Å². The van der Waals surface area contributed by atoms with Crippen LogP contribution in [0.2, 0.25) is 0 Å². The van der Waals surface area contributed by atoms with Crippen LogP contribution >= 0.6 is 0 Å². The van der Waals surface area contributed by atoms with Crippen LogP contribution in [0.15, 0.2) is 77.7 Å². The Morgan fingerprint density at radius 3 is 2.02 bits per heavy atom. The second-order valence-electron chi connectivity index (χ2n) is 10.1. The molecule has 0 fully saturated rings. The van der Waals surface area contributed by atoms with Crippen LogP contribution in [-0.2, 0) is 26.2 Å². The van der Waals surface area contributed by atoms with Gasteiger partial charge >= 0.3 is 0 Å². The van der Waals surface area contributed by atoms with Crippen molar-refractivity contribution in [2.75, 3.05) is 24.0 Å². The summed E-state index contributed by atoms with van der Waals surface area (Å²) < 4.78 is 34.5. The van der Waals surface area contributed by atoms with Crippen molar-refractivity contribution in [3.63, 3.8) is 0 Å². The van der Waals surface area contributed by atoms with Gasteiger partial charge in [-0.25, -0.2) is 8.42 Å². The van der Waals surface area contributed by atoms with E-state index < -0.39 is 28.5 Å². The molecular formula is C32H41N3O5S. The molecule has 1 N–H and O–H groups in total. The number of hydrogen-bond acceptors (Lipinski definition) is 5. The maximum atomic E-state index is 14.0. The van der Waals surface area contributed by atoms with Gasteiger partial charge in [0.2, 0.25) is 11.8 Å². The van der Waals surface area contributed by atoms with Crippen LogP contribution in [0.25, 0.3) is 0 Å². The minimum absolute atomic E-state index is 0.0322. The molecule has 8 nitrogen and oxygen atoms in total. The Hall–Kier alpha value is -3.85. The number of anilines is 1. The topological polar surface area (TPSA) is 96.0 Å². The molecule has 0 heterocycles. The van der Waals surface area contributed by atoms with Gasteiger partial charge in [0, 0.05) is 13.1 Å². The molecule has 0 aliphatic carbocycles. The third kappa shape index (κ3) is 8.57. The molecule has 3 rings (SSSR count). The van der Waals surface area contributed by atoms with Gasteiger partial charge in [0.15, 0.2) is 0 Å². The van der Waals surface area contributed by atoms with Crippen molar-refractivity contribution < 1.29 is 22.7 Å². The third-order valence-corrected chi connectivity index (χ3v) is 8.58. The van der Waals surface area contributed by atoms with Gasteiger partial charge in [-0.15, -0.1) is 0 Å². The fraction of sp³-hybridized carbons (Fsp3) is 0.375.